The Morgan fingerprint density at radius 1 is 1.00 bits per heavy atom. The van der Waals surface area contributed by atoms with Crippen molar-refractivity contribution in [3.8, 4) is 11.5 Å². The molecule has 1 aliphatic rings. The summed E-state index contributed by atoms with van der Waals surface area (Å²) in [5, 5.41) is 0. The molecule has 2 atom stereocenters. The van der Waals surface area contributed by atoms with Crippen LogP contribution >= 0.6 is 0 Å². The predicted octanol–water partition coefficient (Wildman–Crippen LogP) is 3.45. The maximum absolute atomic E-state index is 6.39. The van der Waals surface area contributed by atoms with E-state index < -0.39 is 0 Å². The summed E-state index contributed by atoms with van der Waals surface area (Å²) in [6.45, 7) is 5.56. The standard InChI is InChI=1S/C18H21NO2/c1-12-4-3-5-14(8-12)18(19)15-6-7-16-17(9-15)21-11-13(2)10-20-16/h3-9,13,18H,10-11,19H2,1-2H3. The summed E-state index contributed by atoms with van der Waals surface area (Å²) in [5.74, 6) is 1.99. The quantitative estimate of drug-likeness (QED) is 0.918. The van der Waals surface area contributed by atoms with E-state index in [1.165, 1.54) is 5.56 Å². The van der Waals surface area contributed by atoms with Crippen molar-refractivity contribution in [2.75, 3.05) is 13.2 Å². The molecule has 1 aliphatic heterocycles. The number of benzene rings is 2. The van der Waals surface area contributed by atoms with Gasteiger partial charge < -0.3 is 15.2 Å². The average molecular weight is 283 g/mol. The van der Waals surface area contributed by atoms with Gasteiger partial charge in [-0.25, -0.2) is 0 Å². The SMILES string of the molecule is Cc1cccc(C(N)c2ccc3c(c2)OCC(C)CO3)c1. The Hall–Kier alpha value is -2.00. The molecule has 2 unspecified atom stereocenters. The number of hydrogen-bond donors (Lipinski definition) is 1. The zero-order chi connectivity index (χ0) is 14.8. The van der Waals surface area contributed by atoms with Gasteiger partial charge in [0, 0.05) is 5.92 Å². The van der Waals surface area contributed by atoms with Gasteiger partial charge in [-0.15, -0.1) is 0 Å². The van der Waals surface area contributed by atoms with Crippen molar-refractivity contribution >= 4 is 0 Å². The zero-order valence-electron chi connectivity index (χ0n) is 12.5. The Morgan fingerprint density at radius 3 is 2.48 bits per heavy atom. The summed E-state index contributed by atoms with van der Waals surface area (Å²) in [7, 11) is 0. The van der Waals surface area contributed by atoms with Gasteiger partial charge >= 0.3 is 0 Å². The summed E-state index contributed by atoms with van der Waals surface area (Å²) < 4.78 is 11.6. The molecule has 0 bridgehead atoms. The van der Waals surface area contributed by atoms with Crippen molar-refractivity contribution in [1.82, 2.24) is 0 Å². The van der Waals surface area contributed by atoms with Gasteiger partial charge in [0.05, 0.1) is 19.3 Å². The molecule has 0 fully saturated rings. The van der Waals surface area contributed by atoms with Gasteiger partial charge in [-0.3, -0.25) is 0 Å². The van der Waals surface area contributed by atoms with Gasteiger partial charge in [-0.1, -0.05) is 42.8 Å². The lowest BCUT2D eigenvalue weighted by Gasteiger charge is -2.15. The van der Waals surface area contributed by atoms with Gasteiger partial charge in [0.25, 0.3) is 0 Å². The second-order valence-corrected chi connectivity index (χ2v) is 5.83. The number of hydrogen-bond acceptors (Lipinski definition) is 3. The first-order chi connectivity index (χ1) is 10.1. The van der Waals surface area contributed by atoms with E-state index in [1.807, 2.05) is 24.3 Å². The molecule has 2 N–H and O–H groups in total. The van der Waals surface area contributed by atoms with Gasteiger partial charge in [0.2, 0.25) is 0 Å². The first kappa shape index (κ1) is 14.0. The van der Waals surface area contributed by atoms with Crippen molar-refractivity contribution in [1.29, 1.82) is 0 Å². The fourth-order valence-electron chi connectivity index (χ4n) is 2.52. The molecule has 1 heterocycles. The average Bonchev–Trinajstić information content (AvgIpc) is 2.68. The van der Waals surface area contributed by atoms with Gasteiger partial charge in [-0.2, -0.15) is 0 Å². The van der Waals surface area contributed by atoms with E-state index in [9.17, 15) is 0 Å². The summed E-state index contributed by atoms with van der Waals surface area (Å²) in [4.78, 5) is 0. The monoisotopic (exact) mass is 283 g/mol. The third-order valence-electron chi connectivity index (χ3n) is 3.77. The van der Waals surface area contributed by atoms with Gasteiger partial charge in [0.15, 0.2) is 11.5 Å². The molecule has 0 saturated heterocycles. The highest BCUT2D eigenvalue weighted by molar-refractivity contribution is 5.46. The van der Waals surface area contributed by atoms with Crippen LogP contribution < -0.4 is 15.2 Å². The molecule has 3 rings (SSSR count). The predicted molar refractivity (Wildman–Crippen MR) is 83.8 cm³/mol. The Balaban J connectivity index is 1.90. The van der Waals surface area contributed by atoms with E-state index >= 15 is 0 Å². The van der Waals surface area contributed by atoms with Crippen molar-refractivity contribution in [2.45, 2.75) is 19.9 Å². The second kappa shape index (κ2) is 5.78. The molecule has 21 heavy (non-hydrogen) atoms. The molecule has 3 heteroatoms. The highest BCUT2D eigenvalue weighted by Crippen LogP contribution is 2.34. The Bertz CT molecular complexity index is 639. The molecule has 0 spiro atoms. The lowest BCUT2D eigenvalue weighted by atomic mass is 9.98. The summed E-state index contributed by atoms with van der Waals surface area (Å²) in [6.07, 6.45) is 0. The fourth-order valence-corrected chi connectivity index (χ4v) is 2.52. The zero-order valence-corrected chi connectivity index (χ0v) is 12.5. The molecule has 0 amide bonds. The second-order valence-electron chi connectivity index (χ2n) is 5.83. The summed E-state index contributed by atoms with van der Waals surface area (Å²) >= 11 is 0. The first-order valence-corrected chi connectivity index (χ1v) is 7.35. The maximum Gasteiger partial charge on any atom is 0.161 e. The molecular weight excluding hydrogens is 262 g/mol. The molecule has 2 aromatic carbocycles. The van der Waals surface area contributed by atoms with Crippen LogP contribution in [0.3, 0.4) is 0 Å². The number of rotatable bonds is 2. The van der Waals surface area contributed by atoms with Gasteiger partial charge in [0.1, 0.15) is 0 Å². The van der Waals surface area contributed by atoms with E-state index in [1.54, 1.807) is 0 Å². The van der Waals surface area contributed by atoms with E-state index in [-0.39, 0.29) is 6.04 Å². The topological polar surface area (TPSA) is 44.5 Å². The normalized spacial score (nSPS) is 18.9. The lowest BCUT2D eigenvalue weighted by Crippen LogP contribution is -2.12. The maximum atomic E-state index is 6.39. The van der Waals surface area contributed by atoms with Crippen LogP contribution in [0.5, 0.6) is 11.5 Å². The molecule has 110 valence electrons. The minimum Gasteiger partial charge on any atom is -0.489 e. The minimum absolute atomic E-state index is 0.153. The number of aryl methyl sites for hydroxylation is 1. The molecule has 0 saturated carbocycles. The van der Waals surface area contributed by atoms with Crippen LogP contribution in [-0.4, -0.2) is 13.2 Å². The first-order valence-electron chi connectivity index (χ1n) is 7.35. The lowest BCUT2D eigenvalue weighted by molar-refractivity contribution is 0.228. The highest BCUT2D eigenvalue weighted by Gasteiger charge is 2.17. The van der Waals surface area contributed by atoms with Crippen molar-refractivity contribution < 1.29 is 9.47 Å². The number of ether oxygens (including phenoxy) is 2. The highest BCUT2D eigenvalue weighted by atomic mass is 16.5. The third kappa shape index (κ3) is 3.03. The van der Waals surface area contributed by atoms with Crippen LogP contribution in [0.25, 0.3) is 0 Å². The number of nitrogens with two attached hydrogens (primary N) is 1. The van der Waals surface area contributed by atoms with E-state index in [4.69, 9.17) is 15.2 Å². The van der Waals surface area contributed by atoms with Crippen molar-refractivity contribution in [3.63, 3.8) is 0 Å². The van der Waals surface area contributed by atoms with E-state index in [0.29, 0.717) is 19.1 Å². The van der Waals surface area contributed by atoms with Crippen molar-refractivity contribution in [2.24, 2.45) is 11.7 Å². The van der Waals surface area contributed by atoms with Crippen LogP contribution in [0, 0.1) is 12.8 Å². The number of fused-ring (bicyclic) bond motifs is 1. The van der Waals surface area contributed by atoms with Crippen LogP contribution in [-0.2, 0) is 0 Å². The van der Waals surface area contributed by atoms with Gasteiger partial charge in [-0.05, 0) is 30.2 Å². The van der Waals surface area contributed by atoms with Crippen LogP contribution in [0.1, 0.15) is 29.7 Å². The summed E-state index contributed by atoms with van der Waals surface area (Å²) in [5.41, 5.74) is 9.75. The molecule has 0 aromatic heterocycles. The Labute approximate surface area is 125 Å². The van der Waals surface area contributed by atoms with Crippen molar-refractivity contribution in [3.05, 3.63) is 59.2 Å². The Kier molecular flexibility index (Phi) is 3.84. The summed E-state index contributed by atoms with van der Waals surface area (Å²) in [6, 6.07) is 14.1. The van der Waals surface area contributed by atoms with Crippen LogP contribution in [0.2, 0.25) is 0 Å². The van der Waals surface area contributed by atoms with E-state index in [2.05, 4.69) is 32.0 Å². The fraction of sp³-hybridized carbons (Fsp3) is 0.333. The molecule has 0 radical (unpaired) electrons. The molecule has 2 aromatic rings. The third-order valence-corrected chi connectivity index (χ3v) is 3.77. The minimum atomic E-state index is -0.153. The van der Waals surface area contributed by atoms with Crippen LogP contribution in [0.15, 0.2) is 42.5 Å². The largest absolute Gasteiger partial charge is 0.489 e. The molecule has 0 aliphatic carbocycles. The smallest absolute Gasteiger partial charge is 0.161 e. The van der Waals surface area contributed by atoms with Crippen LogP contribution in [0.4, 0.5) is 0 Å². The Morgan fingerprint density at radius 2 is 1.71 bits per heavy atom. The molecule has 3 nitrogen and oxygen atoms in total. The molecular formula is C18H21NO2. The van der Waals surface area contributed by atoms with E-state index in [0.717, 1.165) is 22.6 Å².